The van der Waals surface area contributed by atoms with E-state index in [1.165, 1.54) is 10.4 Å². The number of nitrogens with one attached hydrogen (secondary N) is 1. The fourth-order valence-corrected chi connectivity index (χ4v) is 3.27. The van der Waals surface area contributed by atoms with E-state index in [0.717, 1.165) is 22.6 Å². The molecule has 0 saturated carbocycles. The lowest BCUT2D eigenvalue weighted by molar-refractivity contribution is 0.694. The summed E-state index contributed by atoms with van der Waals surface area (Å²) in [4.78, 5) is 1.30. The van der Waals surface area contributed by atoms with Crippen LogP contribution in [-0.2, 0) is 20.1 Å². The first-order valence-electron chi connectivity index (χ1n) is 5.62. The zero-order valence-electron chi connectivity index (χ0n) is 10.3. The van der Waals surface area contributed by atoms with E-state index < -0.39 is 0 Å². The van der Waals surface area contributed by atoms with Crippen LogP contribution in [0.2, 0.25) is 0 Å². The smallest absolute Gasteiger partial charge is 0.120 e. The Morgan fingerprint density at radius 3 is 2.78 bits per heavy atom. The lowest BCUT2D eigenvalue weighted by Crippen LogP contribution is -2.12. The molecule has 3 nitrogen and oxygen atoms in total. The Hall–Kier alpha value is -1.09. The third kappa shape index (κ3) is 2.83. The Kier molecular flexibility index (Phi) is 4.23. The maximum absolute atomic E-state index is 8.97. The standard InChI is InChI=1S/C13H14BrN3S/c1-9-10(5-11(6-15)17(9)2)7-16-8-12-3-4-13(14)18-12/h3-5,16H,7-8H2,1-2H3. The molecule has 5 heteroatoms. The average Bonchev–Trinajstić information content (AvgIpc) is 2.88. The molecule has 0 fully saturated rings. The largest absolute Gasteiger partial charge is 0.340 e. The van der Waals surface area contributed by atoms with E-state index in [1.54, 1.807) is 11.3 Å². The molecule has 0 atom stereocenters. The molecular weight excluding hydrogens is 310 g/mol. The molecule has 1 N–H and O–H groups in total. The van der Waals surface area contributed by atoms with Crippen LogP contribution in [-0.4, -0.2) is 4.57 Å². The summed E-state index contributed by atoms with van der Waals surface area (Å²) in [7, 11) is 1.92. The second-order valence-electron chi connectivity index (χ2n) is 4.12. The predicted octanol–water partition coefficient (Wildman–Crippen LogP) is 3.32. The number of hydrogen-bond donors (Lipinski definition) is 1. The van der Waals surface area contributed by atoms with Crippen molar-refractivity contribution >= 4 is 27.3 Å². The summed E-state index contributed by atoms with van der Waals surface area (Å²) in [6.45, 7) is 3.68. The van der Waals surface area contributed by atoms with Crippen molar-refractivity contribution in [1.82, 2.24) is 9.88 Å². The van der Waals surface area contributed by atoms with Gasteiger partial charge in [0.15, 0.2) is 0 Å². The van der Waals surface area contributed by atoms with Crippen molar-refractivity contribution in [2.24, 2.45) is 7.05 Å². The Labute approximate surface area is 119 Å². The van der Waals surface area contributed by atoms with Crippen LogP contribution in [0.1, 0.15) is 21.8 Å². The van der Waals surface area contributed by atoms with Gasteiger partial charge in [0.05, 0.1) is 3.79 Å². The van der Waals surface area contributed by atoms with Gasteiger partial charge in [-0.05, 0) is 46.6 Å². The molecule has 0 spiro atoms. The van der Waals surface area contributed by atoms with Crippen LogP contribution in [0, 0.1) is 18.3 Å². The van der Waals surface area contributed by atoms with Crippen molar-refractivity contribution in [3.05, 3.63) is 43.8 Å². The summed E-state index contributed by atoms with van der Waals surface area (Å²) in [6, 6.07) is 8.32. The van der Waals surface area contributed by atoms with Crippen LogP contribution >= 0.6 is 27.3 Å². The molecule has 2 aromatic heterocycles. The summed E-state index contributed by atoms with van der Waals surface area (Å²) in [5.41, 5.74) is 3.04. The van der Waals surface area contributed by atoms with Crippen LogP contribution in [0.5, 0.6) is 0 Å². The minimum atomic E-state index is 0.711. The molecule has 0 aliphatic rings. The van der Waals surface area contributed by atoms with E-state index in [4.69, 9.17) is 5.26 Å². The molecule has 2 heterocycles. The number of rotatable bonds is 4. The molecule has 18 heavy (non-hydrogen) atoms. The summed E-state index contributed by atoms with van der Waals surface area (Å²) >= 11 is 5.19. The van der Waals surface area contributed by atoms with Crippen LogP contribution in [0.15, 0.2) is 22.0 Å². The number of nitriles is 1. The first kappa shape index (κ1) is 13.3. The van der Waals surface area contributed by atoms with Gasteiger partial charge in [0.1, 0.15) is 11.8 Å². The van der Waals surface area contributed by atoms with Gasteiger partial charge < -0.3 is 9.88 Å². The molecule has 0 amide bonds. The van der Waals surface area contributed by atoms with Gasteiger partial charge in [-0.25, -0.2) is 0 Å². The molecule has 0 aliphatic heterocycles. The van der Waals surface area contributed by atoms with Gasteiger partial charge in [-0.1, -0.05) is 0 Å². The second-order valence-corrected chi connectivity index (χ2v) is 6.67. The van der Waals surface area contributed by atoms with Crippen LogP contribution in [0.3, 0.4) is 0 Å². The molecule has 2 rings (SSSR count). The molecule has 0 aliphatic carbocycles. The van der Waals surface area contributed by atoms with Crippen molar-refractivity contribution in [1.29, 1.82) is 5.26 Å². The maximum atomic E-state index is 8.97. The zero-order valence-corrected chi connectivity index (χ0v) is 12.7. The van der Waals surface area contributed by atoms with Gasteiger partial charge in [0.2, 0.25) is 0 Å². The van der Waals surface area contributed by atoms with Crippen molar-refractivity contribution in [3.8, 4) is 6.07 Å². The van der Waals surface area contributed by atoms with Gasteiger partial charge in [0.25, 0.3) is 0 Å². The average molecular weight is 324 g/mol. The van der Waals surface area contributed by atoms with Crippen molar-refractivity contribution in [2.75, 3.05) is 0 Å². The van der Waals surface area contributed by atoms with Gasteiger partial charge in [-0.2, -0.15) is 5.26 Å². The van der Waals surface area contributed by atoms with Crippen molar-refractivity contribution in [3.63, 3.8) is 0 Å². The van der Waals surface area contributed by atoms with Crippen LogP contribution in [0.4, 0.5) is 0 Å². The van der Waals surface area contributed by atoms with E-state index in [2.05, 4.69) is 39.4 Å². The summed E-state index contributed by atoms with van der Waals surface area (Å²) in [5, 5.41) is 12.4. The summed E-state index contributed by atoms with van der Waals surface area (Å²) in [5.74, 6) is 0. The van der Waals surface area contributed by atoms with E-state index >= 15 is 0 Å². The quantitative estimate of drug-likeness (QED) is 0.937. The second kappa shape index (κ2) is 5.70. The van der Waals surface area contributed by atoms with E-state index in [0.29, 0.717) is 5.69 Å². The Bertz CT molecular complexity index is 592. The predicted molar refractivity (Wildman–Crippen MR) is 77.4 cm³/mol. The molecule has 0 radical (unpaired) electrons. The first-order chi connectivity index (χ1) is 8.61. The van der Waals surface area contributed by atoms with E-state index in [1.807, 2.05) is 24.6 Å². The molecule has 0 unspecified atom stereocenters. The topological polar surface area (TPSA) is 40.8 Å². The number of hydrogen-bond acceptors (Lipinski definition) is 3. The fourth-order valence-electron chi connectivity index (χ4n) is 1.82. The minimum Gasteiger partial charge on any atom is -0.340 e. The molecule has 0 aromatic carbocycles. The lowest BCUT2D eigenvalue weighted by Gasteiger charge is -2.03. The number of aromatic nitrogens is 1. The fraction of sp³-hybridized carbons (Fsp3) is 0.308. The lowest BCUT2D eigenvalue weighted by atomic mass is 10.2. The molecular formula is C13H14BrN3S. The van der Waals surface area contributed by atoms with Gasteiger partial charge >= 0.3 is 0 Å². The number of thiophene rings is 1. The van der Waals surface area contributed by atoms with Gasteiger partial charge in [-0.3, -0.25) is 0 Å². The molecule has 2 aromatic rings. The van der Waals surface area contributed by atoms with E-state index in [9.17, 15) is 0 Å². The third-order valence-corrected chi connectivity index (χ3v) is 4.62. The van der Waals surface area contributed by atoms with E-state index in [-0.39, 0.29) is 0 Å². The normalized spacial score (nSPS) is 10.6. The highest BCUT2D eigenvalue weighted by Gasteiger charge is 2.08. The van der Waals surface area contributed by atoms with Gasteiger partial charge in [-0.15, -0.1) is 11.3 Å². The number of nitrogens with zero attached hydrogens (tertiary/aromatic N) is 2. The monoisotopic (exact) mass is 323 g/mol. The van der Waals surface area contributed by atoms with Crippen LogP contribution < -0.4 is 5.32 Å². The summed E-state index contributed by atoms with van der Waals surface area (Å²) < 4.78 is 3.08. The SMILES string of the molecule is Cc1c(CNCc2ccc(Br)s2)cc(C#N)n1C. The highest BCUT2D eigenvalue weighted by molar-refractivity contribution is 9.11. The molecule has 0 bridgehead atoms. The maximum Gasteiger partial charge on any atom is 0.120 e. The number of halogens is 1. The summed E-state index contributed by atoms with van der Waals surface area (Å²) in [6.07, 6.45) is 0. The minimum absolute atomic E-state index is 0.711. The van der Waals surface area contributed by atoms with Crippen molar-refractivity contribution in [2.45, 2.75) is 20.0 Å². The molecule has 94 valence electrons. The highest BCUT2D eigenvalue weighted by atomic mass is 79.9. The van der Waals surface area contributed by atoms with Crippen molar-refractivity contribution < 1.29 is 0 Å². The Morgan fingerprint density at radius 1 is 1.44 bits per heavy atom. The Morgan fingerprint density at radius 2 is 2.22 bits per heavy atom. The highest BCUT2D eigenvalue weighted by Crippen LogP contribution is 2.22. The zero-order chi connectivity index (χ0) is 13.1. The Balaban J connectivity index is 1.97. The molecule has 0 saturated heterocycles. The van der Waals surface area contributed by atoms with Gasteiger partial charge in [0, 0.05) is 30.7 Å². The first-order valence-corrected chi connectivity index (χ1v) is 7.23. The van der Waals surface area contributed by atoms with Crippen LogP contribution in [0.25, 0.3) is 0 Å². The third-order valence-electron chi connectivity index (χ3n) is 3.00.